The summed E-state index contributed by atoms with van der Waals surface area (Å²) in [6.07, 6.45) is 8.26. The highest BCUT2D eigenvalue weighted by atomic mass is 32.2. The summed E-state index contributed by atoms with van der Waals surface area (Å²) >= 11 is 1.36. The topological polar surface area (TPSA) is 42.2 Å². The average Bonchev–Trinajstić information content (AvgIpc) is 2.60. The van der Waals surface area contributed by atoms with Gasteiger partial charge in [0.05, 0.1) is 11.4 Å². The van der Waals surface area contributed by atoms with Gasteiger partial charge in [-0.1, -0.05) is 30.0 Å². The van der Waals surface area contributed by atoms with Crippen LogP contribution >= 0.6 is 11.8 Å². The fraction of sp³-hybridized carbons (Fsp3) is 0.263. The second kappa shape index (κ2) is 8.02. The maximum atomic E-state index is 10.9. The minimum Gasteiger partial charge on any atom is -0.490 e. The number of nitrogens with zero attached hydrogens (tertiary/aromatic N) is 1. The van der Waals surface area contributed by atoms with E-state index in [1.165, 1.54) is 11.8 Å². The summed E-state index contributed by atoms with van der Waals surface area (Å²) in [5, 5.41) is 3.48. The molecule has 2 aromatic rings. The lowest BCUT2D eigenvalue weighted by molar-refractivity contribution is -0.692. The highest BCUT2D eigenvalue weighted by molar-refractivity contribution is 8.13. The quantitative estimate of drug-likeness (QED) is 0.848. The van der Waals surface area contributed by atoms with Gasteiger partial charge < -0.3 is 10.1 Å². The number of pyridine rings is 1. The zero-order chi connectivity index (χ0) is 16.8. The number of nitrogens with one attached hydrogen (secondary N) is 1. The molecule has 4 nitrogen and oxygen atoms in total. The molecule has 1 N–H and O–H groups in total. The molecular weight excluding hydrogens is 320 g/mol. The van der Waals surface area contributed by atoms with Crippen LogP contribution < -0.4 is 14.6 Å². The van der Waals surface area contributed by atoms with Crippen molar-refractivity contribution in [2.45, 2.75) is 13.5 Å². The molecule has 0 amide bonds. The third-order valence-corrected chi connectivity index (χ3v) is 4.51. The minimum absolute atomic E-state index is 0.166. The maximum Gasteiger partial charge on any atom is 0.186 e. The number of carbonyl (C=O) groups is 1. The van der Waals surface area contributed by atoms with E-state index < -0.39 is 0 Å². The molecule has 0 atom stereocenters. The highest BCUT2D eigenvalue weighted by Crippen LogP contribution is 2.28. The number of rotatable bonds is 5. The van der Waals surface area contributed by atoms with Crippen molar-refractivity contribution < 1.29 is 14.1 Å². The number of aromatic nitrogens is 1. The fourth-order valence-electron chi connectivity index (χ4n) is 2.47. The summed E-state index contributed by atoms with van der Waals surface area (Å²) in [6.45, 7) is 4.01. The first-order valence-electron chi connectivity index (χ1n) is 8.02. The Kier molecular flexibility index (Phi) is 5.54. The molecule has 1 aliphatic heterocycles. The lowest BCUT2D eigenvalue weighted by atomic mass is 10.1. The molecule has 0 radical (unpaired) electrons. The number of hydrogen-bond donors (Lipinski definition) is 1. The summed E-state index contributed by atoms with van der Waals surface area (Å²) < 4.78 is 7.75. The molecule has 24 heavy (non-hydrogen) atoms. The van der Waals surface area contributed by atoms with Crippen molar-refractivity contribution in [3.8, 4) is 5.75 Å². The Balaban J connectivity index is 1.61. The Bertz CT molecular complexity index is 742. The van der Waals surface area contributed by atoms with E-state index in [1.54, 1.807) is 6.92 Å². The summed E-state index contributed by atoms with van der Waals surface area (Å²) in [5.74, 6) is 1.72. The van der Waals surface area contributed by atoms with Crippen LogP contribution in [0.1, 0.15) is 18.1 Å². The number of benzene rings is 1. The number of thioether (sulfide) groups is 1. The Morgan fingerprint density at radius 2 is 2.04 bits per heavy atom. The average molecular weight is 341 g/mol. The van der Waals surface area contributed by atoms with E-state index >= 15 is 0 Å². The second-order valence-electron chi connectivity index (χ2n) is 5.57. The van der Waals surface area contributed by atoms with E-state index in [1.807, 2.05) is 12.4 Å². The Morgan fingerprint density at radius 3 is 2.83 bits per heavy atom. The van der Waals surface area contributed by atoms with Gasteiger partial charge in [-0.15, -0.1) is 0 Å². The van der Waals surface area contributed by atoms with Gasteiger partial charge in [0, 0.05) is 25.6 Å². The first kappa shape index (κ1) is 16.6. The van der Waals surface area contributed by atoms with Crippen molar-refractivity contribution >= 4 is 34.7 Å². The lowest BCUT2D eigenvalue weighted by Crippen LogP contribution is -2.33. The predicted octanol–water partition coefficient (Wildman–Crippen LogP) is 3.23. The number of fused-ring (bicyclic) bond motifs is 1. The van der Waals surface area contributed by atoms with Crippen LogP contribution in [0.3, 0.4) is 0 Å². The highest BCUT2D eigenvalue weighted by Gasteiger charge is 2.08. The number of carbonyl (C=O) groups excluding carboxylic acids is 1. The molecule has 0 saturated carbocycles. The minimum atomic E-state index is 0.166. The lowest BCUT2D eigenvalue weighted by Gasteiger charge is -2.19. The standard InChI is InChI=1S/C19H20N2O2S/c1-15(22)24-13-11-21-9-6-16(7-10-21)2-3-17-4-5-18-19(14-17)23-12-8-20-18/h2-7,9-10,14H,8,11-13H2,1H3/p+1. The largest absolute Gasteiger partial charge is 0.490 e. The molecule has 124 valence electrons. The van der Waals surface area contributed by atoms with E-state index in [2.05, 4.69) is 52.4 Å². The molecule has 0 aliphatic carbocycles. The molecule has 1 aliphatic rings. The number of aryl methyl sites for hydroxylation is 1. The molecule has 0 unspecified atom stereocenters. The van der Waals surface area contributed by atoms with Crippen LogP contribution in [-0.4, -0.2) is 24.0 Å². The number of ether oxygens (including phenoxy) is 1. The smallest absolute Gasteiger partial charge is 0.186 e. The number of anilines is 1. The zero-order valence-electron chi connectivity index (χ0n) is 13.7. The van der Waals surface area contributed by atoms with Gasteiger partial charge in [0.2, 0.25) is 0 Å². The summed E-state index contributed by atoms with van der Waals surface area (Å²) in [4.78, 5) is 10.9. The first-order chi connectivity index (χ1) is 11.7. The van der Waals surface area contributed by atoms with Gasteiger partial charge in [0.15, 0.2) is 24.1 Å². The molecule has 5 heteroatoms. The van der Waals surface area contributed by atoms with Crippen LogP contribution in [-0.2, 0) is 11.3 Å². The van der Waals surface area contributed by atoms with Gasteiger partial charge in [0.25, 0.3) is 0 Å². The van der Waals surface area contributed by atoms with E-state index in [-0.39, 0.29) is 5.12 Å². The Hall–Kier alpha value is -2.27. The van der Waals surface area contributed by atoms with Crippen molar-refractivity contribution in [2.24, 2.45) is 0 Å². The number of hydrogen-bond acceptors (Lipinski definition) is 4. The molecular formula is C19H21N2O2S+. The molecule has 1 aromatic heterocycles. The van der Waals surface area contributed by atoms with Gasteiger partial charge in [-0.05, 0) is 23.3 Å². The normalized spacial score (nSPS) is 13.2. The summed E-state index contributed by atoms with van der Waals surface area (Å²) in [7, 11) is 0. The molecule has 3 rings (SSSR count). The van der Waals surface area contributed by atoms with Crippen LogP contribution in [0, 0.1) is 0 Å². The third kappa shape index (κ3) is 4.61. The van der Waals surface area contributed by atoms with E-state index in [9.17, 15) is 4.79 Å². The van der Waals surface area contributed by atoms with Gasteiger partial charge in [-0.25, -0.2) is 4.57 Å². The predicted molar refractivity (Wildman–Crippen MR) is 99.1 cm³/mol. The molecule has 0 fully saturated rings. The van der Waals surface area contributed by atoms with Crippen LogP contribution in [0.5, 0.6) is 5.75 Å². The maximum absolute atomic E-state index is 10.9. The summed E-state index contributed by atoms with van der Waals surface area (Å²) in [6, 6.07) is 10.3. The molecule has 0 bridgehead atoms. The van der Waals surface area contributed by atoms with Gasteiger partial charge in [-0.2, -0.15) is 0 Å². The van der Waals surface area contributed by atoms with Crippen LogP contribution in [0.25, 0.3) is 12.2 Å². The van der Waals surface area contributed by atoms with Gasteiger partial charge >= 0.3 is 0 Å². The van der Waals surface area contributed by atoms with E-state index in [0.29, 0.717) is 6.61 Å². The molecule has 1 aromatic carbocycles. The molecule has 0 saturated heterocycles. The third-order valence-electron chi connectivity index (χ3n) is 3.72. The van der Waals surface area contributed by atoms with E-state index in [4.69, 9.17) is 4.74 Å². The van der Waals surface area contributed by atoms with Gasteiger partial charge in [-0.3, -0.25) is 4.79 Å². The van der Waals surface area contributed by atoms with Crippen molar-refractivity contribution in [1.82, 2.24) is 0 Å². The Labute approximate surface area is 146 Å². The monoisotopic (exact) mass is 341 g/mol. The van der Waals surface area contributed by atoms with Crippen molar-refractivity contribution in [3.05, 3.63) is 53.9 Å². The Morgan fingerprint density at radius 1 is 1.25 bits per heavy atom. The van der Waals surface area contributed by atoms with Crippen molar-refractivity contribution in [2.75, 3.05) is 24.2 Å². The van der Waals surface area contributed by atoms with Crippen LogP contribution in [0.4, 0.5) is 5.69 Å². The van der Waals surface area contributed by atoms with E-state index in [0.717, 1.165) is 41.4 Å². The zero-order valence-corrected chi connectivity index (χ0v) is 14.5. The molecule has 0 spiro atoms. The summed E-state index contributed by atoms with van der Waals surface area (Å²) in [5.41, 5.74) is 3.32. The van der Waals surface area contributed by atoms with Crippen molar-refractivity contribution in [3.63, 3.8) is 0 Å². The SMILES string of the molecule is CC(=O)SCC[n+]1ccc(/C=C/c2ccc3c(c2)OCCN3)cc1. The molecule has 2 heterocycles. The van der Waals surface area contributed by atoms with Crippen molar-refractivity contribution in [1.29, 1.82) is 0 Å². The second-order valence-corrected chi connectivity index (χ2v) is 6.85. The van der Waals surface area contributed by atoms with Gasteiger partial charge in [0.1, 0.15) is 12.4 Å². The van der Waals surface area contributed by atoms with Crippen LogP contribution in [0.2, 0.25) is 0 Å². The first-order valence-corrected chi connectivity index (χ1v) is 9.00. The van der Waals surface area contributed by atoms with Crippen LogP contribution in [0.15, 0.2) is 42.7 Å². The fourth-order valence-corrected chi connectivity index (χ4v) is 3.06.